The summed E-state index contributed by atoms with van der Waals surface area (Å²) in [5.41, 5.74) is 18.6. The molecule has 0 aliphatic heterocycles. The minimum absolute atomic E-state index is 0.0649. The third kappa shape index (κ3) is 4.86. The van der Waals surface area contributed by atoms with E-state index < -0.39 is 0 Å². The van der Waals surface area contributed by atoms with Gasteiger partial charge in [-0.15, -0.1) is 0 Å². The van der Waals surface area contributed by atoms with Crippen molar-refractivity contribution in [1.82, 2.24) is 18.7 Å². The predicted molar refractivity (Wildman–Crippen MR) is 258 cm³/mol. The second kappa shape index (κ2) is 13.0. The maximum Gasteiger partial charge on any atom is 0.145 e. The molecule has 0 unspecified atom stereocenters. The maximum absolute atomic E-state index is 5.78. The average Bonchev–Trinajstić information content (AvgIpc) is 4.05. The van der Waals surface area contributed by atoms with Crippen LogP contribution in [-0.2, 0) is 5.41 Å². The number of benzene rings is 9. The normalized spacial score (nSPS) is 13.1. The zero-order valence-corrected chi connectivity index (χ0v) is 34.4. The van der Waals surface area contributed by atoms with Crippen molar-refractivity contribution in [3.8, 4) is 50.7 Å². The first-order valence-corrected chi connectivity index (χ1v) is 21.5. The van der Waals surface area contributed by atoms with E-state index >= 15 is 0 Å². The second-order valence-corrected chi connectivity index (χ2v) is 17.2. The molecule has 0 N–H and O–H groups in total. The molecule has 4 heteroatoms. The quantitative estimate of drug-likeness (QED) is 0.171. The lowest BCUT2D eigenvalue weighted by Crippen LogP contribution is -2.14. The number of imidazole rings is 1. The van der Waals surface area contributed by atoms with Crippen molar-refractivity contribution in [2.24, 2.45) is 0 Å². The van der Waals surface area contributed by atoms with Crippen molar-refractivity contribution in [2.75, 3.05) is 0 Å². The highest BCUT2D eigenvalue weighted by Crippen LogP contribution is 2.50. The lowest BCUT2D eigenvalue weighted by atomic mass is 9.81. The van der Waals surface area contributed by atoms with Gasteiger partial charge in [-0.05, 0) is 88.0 Å². The highest BCUT2D eigenvalue weighted by Gasteiger charge is 2.35. The van der Waals surface area contributed by atoms with Gasteiger partial charge in [-0.3, -0.25) is 4.57 Å². The first kappa shape index (κ1) is 34.9. The molecule has 292 valence electrons. The summed E-state index contributed by atoms with van der Waals surface area (Å²) in [7, 11) is 0. The number of hydrogen-bond donors (Lipinski definition) is 0. The number of aromatic nitrogens is 4. The number of fused-ring (bicyclic) bond motifs is 10. The van der Waals surface area contributed by atoms with Crippen molar-refractivity contribution in [1.29, 1.82) is 0 Å². The summed E-state index contributed by atoms with van der Waals surface area (Å²) in [6, 6.07) is 75.2. The van der Waals surface area contributed by atoms with Gasteiger partial charge < -0.3 is 9.13 Å². The summed E-state index contributed by atoms with van der Waals surface area (Å²) in [5.74, 6) is 0.888. The van der Waals surface area contributed by atoms with Crippen LogP contribution in [0.5, 0.6) is 0 Å². The highest BCUT2D eigenvalue weighted by atomic mass is 15.1. The van der Waals surface area contributed by atoms with Crippen LogP contribution in [0.4, 0.5) is 0 Å². The third-order valence-corrected chi connectivity index (χ3v) is 13.5. The first-order valence-electron chi connectivity index (χ1n) is 21.5. The Morgan fingerprint density at radius 1 is 0.371 bits per heavy atom. The van der Waals surface area contributed by atoms with E-state index in [9.17, 15) is 0 Å². The molecule has 0 fully saturated rings. The number of hydrogen-bond acceptors (Lipinski definition) is 1. The van der Waals surface area contributed by atoms with E-state index in [0.29, 0.717) is 0 Å². The fourth-order valence-electron chi connectivity index (χ4n) is 10.6. The molecule has 0 spiro atoms. The maximum atomic E-state index is 5.78. The molecule has 0 bridgehead atoms. The van der Waals surface area contributed by atoms with Crippen molar-refractivity contribution in [2.45, 2.75) is 19.3 Å². The zero-order valence-electron chi connectivity index (χ0n) is 34.4. The molecule has 0 amide bonds. The van der Waals surface area contributed by atoms with Crippen LogP contribution in [0, 0.1) is 0 Å². The topological polar surface area (TPSA) is 27.7 Å². The summed E-state index contributed by atoms with van der Waals surface area (Å²) in [4.78, 5) is 5.78. The predicted octanol–water partition coefficient (Wildman–Crippen LogP) is 14.9. The molecule has 9 aromatic carbocycles. The molecular formula is C58H40N4. The molecule has 0 saturated carbocycles. The molecule has 1 aliphatic rings. The molecule has 0 radical (unpaired) electrons. The van der Waals surface area contributed by atoms with E-state index in [1.165, 1.54) is 54.9 Å². The highest BCUT2D eigenvalue weighted by molar-refractivity contribution is 6.13. The van der Waals surface area contributed by atoms with E-state index in [2.05, 4.69) is 234 Å². The summed E-state index contributed by atoms with van der Waals surface area (Å²) in [6.45, 7) is 4.69. The molecule has 3 heterocycles. The standard InChI is InChI=1S/C58H40N4/c1-58(2)47-23-11-6-18-41(47)42-33-32-39(36-48(42)58)37-28-30-38(31-29-37)57-59-55-53(61-49-24-12-7-19-43(49)44-20-8-13-25-50(44)61)34-35-54(56(55)60(57)40-16-4-3-5-17-40)62-51-26-14-9-21-45(51)46-22-10-15-27-52(46)62/h3-36H,1-2H3. The van der Waals surface area contributed by atoms with Gasteiger partial charge in [0.2, 0.25) is 0 Å². The zero-order chi connectivity index (χ0) is 41.1. The van der Waals surface area contributed by atoms with Crippen LogP contribution < -0.4 is 0 Å². The van der Waals surface area contributed by atoms with E-state index in [0.717, 1.165) is 61.6 Å². The Bertz CT molecular complexity index is 3660. The minimum atomic E-state index is -0.0649. The summed E-state index contributed by atoms with van der Waals surface area (Å²) >= 11 is 0. The summed E-state index contributed by atoms with van der Waals surface area (Å²) in [6.07, 6.45) is 0. The Hall–Kier alpha value is -7.95. The van der Waals surface area contributed by atoms with Gasteiger partial charge >= 0.3 is 0 Å². The Balaban J connectivity index is 1.09. The van der Waals surface area contributed by atoms with E-state index in [1.54, 1.807) is 0 Å². The van der Waals surface area contributed by atoms with Crippen molar-refractivity contribution in [3.05, 3.63) is 217 Å². The molecule has 4 nitrogen and oxygen atoms in total. The van der Waals surface area contributed by atoms with E-state index in [-0.39, 0.29) is 5.41 Å². The van der Waals surface area contributed by atoms with Gasteiger partial charge in [0, 0.05) is 38.2 Å². The van der Waals surface area contributed by atoms with Crippen LogP contribution in [0.3, 0.4) is 0 Å². The molecule has 0 saturated heterocycles. The molecule has 1 aliphatic carbocycles. The van der Waals surface area contributed by atoms with Gasteiger partial charge in [-0.2, -0.15) is 0 Å². The van der Waals surface area contributed by atoms with Gasteiger partial charge in [-0.1, -0.05) is 166 Å². The Labute approximate surface area is 359 Å². The molecular weight excluding hydrogens is 753 g/mol. The average molecular weight is 793 g/mol. The van der Waals surface area contributed by atoms with Gasteiger partial charge in [0.25, 0.3) is 0 Å². The van der Waals surface area contributed by atoms with Crippen LogP contribution in [0.15, 0.2) is 206 Å². The Morgan fingerprint density at radius 2 is 0.839 bits per heavy atom. The van der Waals surface area contributed by atoms with Crippen LogP contribution >= 0.6 is 0 Å². The van der Waals surface area contributed by atoms with Gasteiger partial charge in [0.15, 0.2) is 0 Å². The second-order valence-electron chi connectivity index (χ2n) is 17.2. The number of rotatable bonds is 5. The van der Waals surface area contributed by atoms with Crippen LogP contribution in [0.25, 0.3) is 105 Å². The fourth-order valence-corrected chi connectivity index (χ4v) is 10.6. The number of para-hydroxylation sites is 5. The summed E-state index contributed by atoms with van der Waals surface area (Å²) in [5, 5.41) is 4.89. The smallest absolute Gasteiger partial charge is 0.145 e. The minimum Gasteiger partial charge on any atom is -0.307 e. The van der Waals surface area contributed by atoms with Crippen LogP contribution in [0.1, 0.15) is 25.0 Å². The van der Waals surface area contributed by atoms with Crippen molar-refractivity contribution < 1.29 is 0 Å². The van der Waals surface area contributed by atoms with E-state index in [1.807, 2.05) is 0 Å². The van der Waals surface area contributed by atoms with Crippen molar-refractivity contribution >= 4 is 54.6 Å². The summed E-state index contributed by atoms with van der Waals surface area (Å²) < 4.78 is 7.23. The SMILES string of the molecule is CC1(C)c2ccccc2-c2ccc(-c3ccc(-c4nc5c(-n6c7ccccc7c7ccccc76)ccc(-n6c7ccccc7c7ccccc76)c5n4-c4ccccc4)cc3)cc21. The first-order chi connectivity index (χ1) is 30.5. The van der Waals surface area contributed by atoms with Gasteiger partial charge in [0.1, 0.15) is 11.3 Å². The molecule has 12 aromatic rings. The Morgan fingerprint density at radius 3 is 1.45 bits per heavy atom. The monoisotopic (exact) mass is 792 g/mol. The van der Waals surface area contributed by atoms with Crippen molar-refractivity contribution in [3.63, 3.8) is 0 Å². The lowest BCUT2D eigenvalue weighted by Gasteiger charge is -2.22. The van der Waals surface area contributed by atoms with Crippen LogP contribution in [0.2, 0.25) is 0 Å². The largest absolute Gasteiger partial charge is 0.307 e. The molecule has 0 atom stereocenters. The fraction of sp³-hybridized carbons (Fsp3) is 0.0517. The molecule has 62 heavy (non-hydrogen) atoms. The third-order valence-electron chi connectivity index (χ3n) is 13.5. The molecule has 3 aromatic heterocycles. The number of nitrogens with zero attached hydrogens (tertiary/aromatic N) is 4. The van der Waals surface area contributed by atoms with Gasteiger partial charge in [0.05, 0.1) is 39.0 Å². The Kier molecular flexibility index (Phi) is 7.32. The lowest BCUT2D eigenvalue weighted by molar-refractivity contribution is 0.660. The van der Waals surface area contributed by atoms with Gasteiger partial charge in [-0.25, -0.2) is 4.98 Å². The van der Waals surface area contributed by atoms with E-state index in [4.69, 9.17) is 4.98 Å². The molecule has 13 rings (SSSR count). The van der Waals surface area contributed by atoms with Crippen LogP contribution in [-0.4, -0.2) is 18.7 Å².